The number of rotatable bonds is 21. The third kappa shape index (κ3) is 12.7. The summed E-state index contributed by atoms with van der Waals surface area (Å²) in [6, 6.07) is 43.5. The Morgan fingerprint density at radius 1 is 0.556 bits per heavy atom. The Morgan fingerprint density at radius 3 is 1.46 bits per heavy atom. The van der Waals surface area contributed by atoms with Crippen molar-refractivity contribution >= 4 is 39.1 Å². The molecular formula is C48H56N2O3S. The molecule has 4 aromatic carbocycles. The molecule has 1 heterocycles. The molecule has 282 valence electrons. The maximum atomic E-state index is 10.9. The molecule has 0 radical (unpaired) electrons. The zero-order chi connectivity index (χ0) is 38.0. The Hall–Kier alpha value is -4.78. The van der Waals surface area contributed by atoms with Crippen LogP contribution in [0.5, 0.6) is 0 Å². The first-order valence-electron chi connectivity index (χ1n) is 19.8. The fraction of sp³-hybridized carbons (Fsp3) is 0.312. The van der Waals surface area contributed by atoms with Gasteiger partial charge in [-0.1, -0.05) is 162 Å². The standard InChI is InChI=1S/C48H56N2O3S/c1-3-5-7-15-35-50(36-16-8-6-4-2)46-30-28-45(29-31-46)48(43-20-13-10-14-21-43)47(42-18-11-9-12-19-42)44-26-24-40(25-27-44)22-23-41-32-37-49(38-33-41)34-17-39-54(51,52)53/h9-14,18-33,37-38H,3-8,15-17,34-36,39H2,1-2H3. The van der Waals surface area contributed by atoms with E-state index in [4.69, 9.17) is 0 Å². The van der Waals surface area contributed by atoms with Gasteiger partial charge in [0.25, 0.3) is 0 Å². The Labute approximate surface area is 324 Å². The number of anilines is 1. The van der Waals surface area contributed by atoms with Crippen LogP contribution < -0.4 is 9.47 Å². The highest BCUT2D eigenvalue weighted by Crippen LogP contribution is 2.37. The number of unbranched alkanes of at least 4 members (excludes halogenated alkanes) is 6. The second-order valence-electron chi connectivity index (χ2n) is 14.1. The lowest BCUT2D eigenvalue weighted by Gasteiger charge is -2.26. The molecule has 0 bridgehead atoms. The molecule has 0 amide bonds. The fourth-order valence-electron chi connectivity index (χ4n) is 6.89. The second kappa shape index (κ2) is 21.2. The lowest BCUT2D eigenvalue weighted by molar-refractivity contribution is -0.696. The smallest absolute Gasteiger partial charge is 0.169 e. The molecule has 0 fully saturated rings. The maximum absolute atomic E-state index is 10.9. The van der Waals surface area contributed by atoms with Crippen molar-refractivity contribution in [2.45, 2.75) is 78.2 Å². The molecule has 5 aromatic rings. The lowest BCUT2D eigenvalue weighted by atomic mass is 9.85. The first-order valence-corrected chi connectivity index (χ1v) is 21.3. The van der Waals surface area contributed by atoms with Crippen LogP contribution in [0.2, 0.25) is 0 Å². The molecule has 0 spiro atoms. The number of nitrogens with zero attached hydrogens (tertiary/aromatic N) is 2. The van der Waals surface area contributed by atoms with Crippen LogP contribution in [-0.4, -0.2) is 31.8 Å². The summed E-state index contributed by atoms with van der Waals surface area (Å²) in [6.45, 7) is 7.24. The van der Waals surface area contributed by atoms with Gasteiger partial charge in [0.05, 0.1) is 10.1 Å². The topological polar surface area (TPSA) is 64.3 Å². The molecule has 0 aliphatic rings. The van der Waals surface area contributed by atoms with Gasteiger partial charge in [-0.15, -0.1) is 0 Å². The van der Waals surface area contributed by atoms with Crippen LogP contribution in [0, 0.1) is 0 Å². The minimum absolute atomic E-state index is 0.297. The van der Waals surface area contributed by atoms with E-state index in [0.29, 0.717) is 13.0 Å². The number of benzene rings is 4. The number of aryl methyl sites for hydroxylation is 1. The molecule has 0 aliphatic heterocycles. The normalized spacial score (nSPS) is 12.2. The number of pyridine rings is 1. The van der Waals surface area contributed by atoms with Crippen LogP contribution >= 0.6 is 0 Å². The van der Waals surface area contributed by atoms with Crippen molar-refractivity contribution in [3.63, 3.8) is 0 Å². The van der Waals surface area contributed by atoms with E-state index >= 15 is 0 Å². The van der Waals surface area contributed by atoms with Crippen LogP contribution in [-0.2, 0) is 16.7 Å². The highest BCUT2D eigenvalue weighted by Gasteiger charge is 2.17. The van der Waals surface area contributed by atoms with Crippen molar-refractivity contribution in [1.82, 2.24) is 0 Å². The highest BCUT2D eigenvalue weighted by atomic mass is 32.2. The van der Waals surface area contributed by atoms with E-state index in [1.165, 1.54) is 84.9 Å². The van der Waals surface area contributed by atoms with Crippen LogP contribution in [0.15, 0.2) is 134 Å². The second-order valence-corrected chi connectivity index (χ2v) is 15.6. The third-order valence-corrected chi connectivity index (χ3v) is 10.6. The van der Waals surface area contributed by atoms with Crippen molar-refractivity contribution in [3.05, 3.63) is 167 Å². The zero-order valence-corrected chi connectivity index (χ0v) is 32.9. The molecule has 0 aliphatic carbocycles. The molecule has 0 unspecified atom stereocenters. The van der Waals surface area contributed by atoms with Crippen LogP contribution in [0.1, 0.15) is 105 Å². The summed E-state index contributed by atoms with van der Waals surface area (Å²) in [5.41, 5.74) is 10.5. The molecular weight excluding hydrogens is 685 g/mol. The largest absolute Gasteiger partial charge is 0.748 e. The summed E-state index contributed by atoms with van der Waals surface area (Å²) < 4.78 is 34.7. The van der Waals surface area contributed by atoms with Gasteiger partial charge < -0.3 is 9.45 Å². The SMILES string of the molecule is CCCCCCN(CCCCCC)c1ccc(/C(=C(\c2ccccc2)c2ccc(/C=C/c3cc[n+](CCCS(=O)(=O)[O-])cc3)cc2)c2ccccc2)cc1. The van der Waals surface area contributed by atoms with E-state index in [1.54, 1.807) is 0 Å². The average Bonchev–Trinajstić information content (AvgIpc) is 3.19. The minimum Gasteiger partial charge on any atom is -0.748 e. The molecule has 5 rings (SSSR count). The predicted octanol–water partition coefficient (Wildman–Crippen LogP) is 11.1. The van der Waals surface area contributed by atoms with Gasteiger partial charge in [-0.3, -0.25) is 0 Å². The summed E-state index contributed by atoms with van der Waals surface area (Å²) in [4.78, 5) is 2.60. The van der Waals surface area contributed by atoms with E-state index in [2.05, 4.69) is 140 Å². The van der Waals surface area contributed by atoms with Gasteiger partial charge in [-0.05, 0) is 69.5 Å². The summed E-state index contributed by atoms with van der Waals surface area (Å²) in [6.07, 6.45) is 18.4. The molecule has 54 heavy (non-hydrogen) atoms. The van der Waals surface area contributed by atoms with Crippen LogP contribution in [0.3, 0.4) is 0 Å². The van der Waals surface area contributed by atoms with Gasteiger partial charge in [0.1, 0.15) is 6.54 Å². The Balaban J connectivity index is 1.45. The molecule has 0 atom stereocenters. The molecule has 0 saturated carbocycles. The van der Waals surface area contributed by atoms with Crippen molar-refractivity contribution in [1.29, 1.82) is 0 Å². The van der Waals surface area contributed by atoms with Gasteiger partial charge >= 0.3 is 0 Å². The Morgan fingerprint density at radius 2 is 1.00 bits per heavy atom. The summed E-state index contributed by atoms with van der Waals surface area (Å²) >= 11 is 0. The number of hydrogen-bond acceptors (Lipinski definition) is 4. The summed E-state index contributed by atoms with van der Waals surface area (Å²) in [7, 11) is -4.19. The Bertz CT molecular complexity index is 1990. The van der Waals surface area contributed by atoms with Crippen molar-refractivity contribution in [2.24, 2.45) is 0 Å². The van der Waals surface area contributed by atoms with Gasteiger partial charge in [-0.25, -0.2) is 13.0 Å². The van der Waals surface area contributed by atoms with Gasteiger partial charge in [0, 0.05) is 43.1 Å². The first kappa shape index (κ1) is 40.4. The quantitative estimate of drug-likeness (QED) is 0.0325. The van der Waals surface area contributed by atoms with E-state index in [-0.39, 0.29) is 5.75 Å². The molecule has 0 saturated heterocycles. The van der Waals surface area contributed by atoms with Crippen LogP contribution in [0.25, 0.3) is 23.3 Å². The zero-order valence-electron chi connectivity index (χ0n) is 32.1. The van der Waals surface area contributed by atoms with Crippen molar-refractivity contribution in [3.8, 4) is 0 Å². The van der Waals surface area contributed by atoms with Crippen molar-refractivity contribution < 1.29 is 17.5 Å². The molecule has 5 nitrogen and oxygen atoms in total. The van der Waals surface area contributed by atoms with Gasteiger partial charge in [0.2, 0.25) is 0 Å². The lowest BCUT2D eigenvalue weighted by Crippen LogP contribution is -2.33. The predicted molar refractivity (Wildman–Crippen MR) is 226 cm³/mol. The van der Waals surface area contributed by atoms with E-state index in [1.807, 2.05) is 29.1 Å². The minimum atomic E-state index is -4.19. The van der Waals surface area contributed by atoms with Gasteiger partial charge in [0.15, 0.2) is 12.4 Å². The monoisotopic (exact) mass is 740 g/mol. The van der Waals surface area contributed by atoms with Gasteiger partial charge in [-0.2, -0.15) is 0 Å². The van der Waals surface area contributed by atoms with E-state index in [9.17, 15) is 13.0 Å². The van der Waals surface area contributed by atoms with Crippen molar-refractivity contribution in [2.75, 3.05) is 23.7 Å². The summed E-state index contributed by atoms with van der Waals surface area (Å²) in [5, 5.41) is 0. The van der Waals surface area contributed by atoms with E-state index in [0.717, 1.165) is 29.8 Å². The Kier molecular flexibility index (Phi) is 15.9. The molecule has 0 N–H and O–H groups in total. The third-order valence-electron chi connectivity index (χ3n) is 9.85. The number of aromatic nitrogens is 1. The van der Waals surface area contributed by atoms with Crippen LogP contribution in [0.4, 0.5) is 5.69 Å². The fourth-order valence-corrected chi connectivity index (χ4v) is 7.38. The first-order chi connectivity index (χ1) is 26.3. The average molecular weight is 741 g/mol. The summed E-state index contributed by atoms with van der Waals surface area (Å²) in [5.74, 6) is -0.352. The highest BCUT2D eigenvalue weighted by molar-refractivity contribution is 7.85. The molecule has 1 aromatic heterocycles. The maximum Gasteiger partial charge on any atom is 0.169 e. The number of hydrogen-bond donors (Lipinski definition) is 0. The molecule has 6 heteroatoms. The van der Waals surface area contributed by atoms with E-state index < -0.39 is 10.1 Å².